The third kappa shape index (κ3) is 5.50. The first-order valence-electron chi connectivity index (χ1n) is 12.9. The zero-order valence-electron chi connectivity index (χ0n) is 21.5. The van der Waals surface area contributed by atoms with Crippen molar-refractivity contribution in [1.29, 1.82) is 0 Å². The van der Waals surface area contributed by atoms with Crippen molar-refractivity contribution in [2.24, 2.45) is 0 Å². The normalized spacial score (nSPS) is 13.6. The van der Waals surface area contributed by atoms with Crippen molar-refractivity contribution in [2.75, 3.05) is 36.5 Å². The van der Waals surface area contributed by atoms with Crippen molar-refractivity contribution in [2.45, 2.75) is 32.7 Å². The predicted molar refractivity (Wildman–Crippen MR) is 146 cm³/mol. The molecule has 0 aliphatic carbocycles. The van der Waals surface area contributed by atoms with Crippen LogP contribution in [0.2, 0.25) is 0 Å². The van der Waals surface area contributed by atoms with E-state index in [2.05, 4.69) is 41.8 Å². The standard InChI is InChI=1S/C28H31N7O3/c1-3-20(4-2)31-27(36)25-8-6-21(16-30-25)32-28(37)26-23-14-18(5-7-24(23)33-34-26)19-13-22(17-29-15-19)35-9-11-38-12-10-35/h5-8,13-17,20H,3-4,9-12H2,1-2H3,(H,31,36)(H,32,37)(H,33,34). The number of carbonyl (C=O) groups excluding carboxylic acids is 2. The van der Waals surface area contributed by atoms with E-state index in [0.717, 1.165) is 48.3 Å². The molecule has 4 aromatic rings. The molecule has 1 aliphatic rings. The predicted octanol–water partition coefficient (Wildman–Crippen LogP) is 4.03. The van der Waals surface area contributed by atoms with Crippen LogP contribution in [0.25, 0.3) is 22.0 Å². The smallest absolute Gasteiger partial charge is 0.276 e. The van der Waals surface area contributed by atoms with Gasteiger partial charge in [0.2, 0.25) is 0 Å². The molecule has 4 heterocycles. The molecule has 0 radical (unpaired) electrons. The Labute approximate surface area is 220 Å². The van der Waals surface area contributed by atoms with Gasteiger partial charge in [0.05, 0.1) is 42.5 Å². The lowest BCUT2D eigenvalue weighted by molar-refractivity contribution is 0.0929. The number of fused-ring (bicyclic) bond motifs is 1. The number of aromatic nitrogens is 4. The van der Waals surface area contributed by atoms with Gasteiger partial charge in [-0.25, -0.2) is 4.98 Å². The molecule has 1 aromatic carbocycles. The fourth-order valence-corrected chi connectivity index (χ4v) is 4.49. The largest absolute Gasteiger partial charge is 0.378 e. The number of ether oxygens (including phenoxy) is 1. The number of carbonyl (C=O) groups is 2. The number of aromatic amines is 1. The number of H-pyrrole nitrogens is 1. The Kier molecular flexibility index (Phi) is 7.60. The van der Waals surface area contributed by atoms with E-state index in [4.69, 9.17) is 4.74 Å². The summed E-state index contributed by atoms with van der Waals surface area (Å²) in [6.45, 7) is 7.12. The van der Waals surface area contributed by atoms with Gasteiger partial charge in [-0.05, 0) is 48.7 Å². The maximum atomic E-state index is 13.1. The molecule has 0 spiro atoms. The van der Waals surface area contributed by atoms with Crippen molar-refractivity contribution < 1.29 is 14.3 Å². The number of anilines is 2. The summed E-state index contributed by atoms with van der Waals surface area (Å²) in [5.41, 5.74) is 4.74. The molecule has 196 valence electrons. The van der Waals surface area contributed by atoms with E-state index in [1.807, 2.05) is 44.4 Å². The molecule has 10 heteroatoms. The summed E-state index contributed by atoms with van der Waals surface area (Å²) in [4.78, 5) is 36.4. The average Bonchev–Trinajstić information content (AvgIpc) is 3.40. The lowest BCUT2D eigenvalue weighted by Gasteiger charge is -2.28. The van der Waals surface area contributed by atoms with E-state index < -0.39 is 0 Å². The third-order valence-corrected chi connectivity index (χ3v) is 6.79. The molecule has 3 N–H and O–H groups in total. The number of rotatable bonds is 8. The number of amides is 2. The van der Waals surface area contributed by atoms with Crippen LogP contribution in [0.3, 0.4) is 0 Å². The molecule has 5 rings (SSSR count). The Morgan fingerprint density at radius 1 is 1.00 bits per heavy atom. The van der Waals surface area contributed by atoms with Gasteiger partial charge >= 0.3 is 0 Å². The van der Waals surface area contributed by atoms with Crippen molar-refractivity contribution in [1.82, 2.24) is 25.5 Å². The summed E-state index contributed by atoms with van der Waals surface area (Å²) in [7, 11) is 0. The van der Waals surface area contributed by atoms with Crippen LogP contribution in [0, 0.1) is 0 Å². The molecule has 3 aromatic heterocycles. The summed E-state index contributed by atoms with van der Waals surface area (Å²) in [5, 5.41) is 13.7. The fraction of sp³-hybridized carbons (Fsp3) is 0.321. The minimum Gasteiger partial charge on any atom is -0.378 e. The molecule has 0 bridgehead atoms. The first-order valence-corrected chi connectivity index (χ1v) is 12.9. The maximum Gasteiger partial charge on any atom is 0.276 e. The molecule has 10 nitrogen and oxygen atoms in total. The van der Waals surface area contributed by atoms with Crippen molar-refractivity contribution in [3.63, 3.8) is 0 Å². The van der Waals surface area contributed by atoms with Crippen LogP contribution in [0.4, 0.5) is 11.4 Å². The van der Waals surface area contributed by atoms with Crippen LogP contribution in [0.15, 0.2) is 55.0 Å². The first kappa shape index (κ1) is 25.3. The van der Waals surface area contributed by atoms with Crippen LogP contribution in [-0.2, 0) is 4.74 Å². The van der Waals surface area contributed by atoms with Gasteiger partial charge in [-0.2, -0.15) is 5.10 Å². The molecule has 38 heavy (non-hydrogen) atoms. The third-order valence-electron chi connectivity index (χ3n) is 6.79. The molecule has 1 fully saturated rings. The molecule has 0 atom stereocenters. The summed E-state index contributed by atoms with van der Waals surface area (Å²) < 4.78 is 5.46. The van der Waals surface area contributed by atoms with E-state index in [9.17, 15) is 9.59 Å². The van der Waals surface area contributed by atoms with Gasteiger partial charge in [-0.1, -0.05) is 19.9 Å². The average molecular weight is 514 g/mol. The number of nitrogens with one attached hydrogen (secondary N) is 3. The van der Waals surface area contributed by atoms with E-state index in [-0.39, 0.29) is 23.6 Å². The Hall–Kier alpha value is -4.31. The molecular weight excluding hydrogens is 482 g/mol. The van der Waals surface area contributed by atoms with Gasteiger partial charge in [0.1, 0.15) is 5.69 Å². The first-order chi connectivity index (χ1) is 18.6. The number of pyridine rings is 2. The molecule has 0 saturated carbocycles. The lowest BCUT2D eigenvalue weighted by Crippen LogP contribution is -2.36. The number of hydrogen-bond donors (Lipinski definition) is 3. The maximum absolute atomic E-state index is 13.1. The van der Waals surface area contributed by atoms with E-state index in [0.29, 0.717) is 30.0 Å². The summed E-state index contributed by atoms with van der Waals surface area (Å²) >= 11 is 0. The Balaban J connectivity index is 1.33. The van der Waals surface area contributed by atoms with Crippen LogP contribution in [0.5, 0.6) is 0 Å². The second-order valence-electron chi connectivity index (χ2n) is 9.24. The van der Waals surface area contributed by atoms with Gasteiger partial charge in [-0.3, -0.25) is 19.7 Å². The Morgan fingerprint density at radius 2 is 1.82 bits per heavy atom. The summed E-state index contributed by atoms with van der Waals surface area (Å²) in [6.07, 6.45) is 6.86. The van der Waals surface area contributed by atoms with E-state index >= 15 is 0 Å². The molecule has 1 aliphatic heterocycles. The Morgan fingerprint density at radius 3 is 2.55 bits per heavy atom. The van der Waals surface area contributed by atoms with Gasteiger partial charge in [-0.15, -0.1) is 0 Å². The van der Waals surface area contributed by atoms with Crippen molar-refractivity contribution in [3.8, 4) is 11.1 Å². The molecular formula is C28H31N7O3. The molecule has 1 saturated heterocycles. The number of morpholine rings is 1. The summed E-state index contributed by atoms with van der Waals surface area (Å²) in [5.74, 6) is -0.598. The minimum atomic E-state index is -0.371. The minimum absolute atomic E-state index is 0.110. The van der Waals surface area contributed by atoms with Crippen LogP contribution < -0.4 is 15.5 Å². The fourth-order valence-electron chi connectivity index (χ4n) is 4.49. The second kappa shape index (κ2) is 11.4. The van der Waals surface area contributed by atoms with Crippen molar-refractivity contribution in [3.05, 3.63) is 66.4 Å². The monoisotopic (exact) mass is 513 g/mol. The van der Waals surface area contributed by atoms with Gasteiger partial charge in [0, 0.05) is 36.3 Å². The van der Waals surface area contributed by atoms with Gasteiger partial charge in [0.25, 0.3) is 11.8 Å². The van der Waals surface area contributed by atoms with Gasteiger partial charge < -0.3 is 20.3 Å². The highest BCUT2D eigenvalue weighted by Crippen LogP contribution is 2.28. The lowest BCUT2D eigenvalue weighted by atomic mass is 10.0. The topological polar surface area (TPSA) is 125 Å². The van der Waals surface area contributed by atoms with E-state index in [1.165, 1.54) is 6.20 Å². The quantitative estimate of drug-likeness (QED) is 0.325. The summed E-state index contributed by atoms with van der Waals surface area (Å²) in [6, 6.07) is 11.3. The van der Waals surface area contributed by atoms with Crippen molar-refractivity contribution >= 4 is 34.1 Å². The highest BCUT2D eigenvalue weighted by molar-refractivity contribution is 6.11. The van der Waals surface area contributed by atoms with Crippen LogP contribution in [-0.4, -0.2) is 64.3 Å². The highest BCUT2D eigenvalue weighted by Gasteiger charge is 2.18. The van der Waals surface area contributed by atoms with Crippen LogP contribution in [0.1, 0.15) is 47.7 Å². The number of hydrogen-bond acceptors (Lipinski definition) is 7. The molecule has 0 unspecified atom stereocenters. The zero-order valence-corrected chi connectivity index (χ0v) is 21.5. The molecule has 2 amide bonds. The SMILES string of the molecule is CCC(CC)NC(=O)c1ccc(NC(=O)c2n[nH]c3ccc(-c4cncc(N5CCOCC5)c4)cc23)cn1. The number of benzene rings is 1. The van der Waals surface area contributed by atoms with Crippen LogP contribution >= 0.6 is 0 Å². The Bertz CT molecular complexity index is 1420. The zero-order chi connectivity index (χ0) is 26.5. The highest BCUT2D eigenvalue weighted by atomic mass is 16.5. The van der Waals surface area contributed by atoms with Gasteiger partial charge in [0.15, 0.2) is 5.69 Å². The number of nitrogens with zero attached hydrogens (tertiary/aromatic N) is 4. The second-order valence-corrected chi connectivity index (χ2v) is 9.24. The van der Waals surface area contributed by atoms with E-state index in [1.54, 1.807) is 12.1 Å².